The molecule has 0 atom stereocenters. The molecule has 0 saturated heterocycles. The van der Waals surface area contributed by atoms with Crippen LogP contribution >= 0.6 is 0 Å². The highest BCUT2D eigenvalue weighted by Gasteiger charge is 2.05. The van der Waals surface area contributed by atoms with Crippen molar-refractivity contribution in [1.82, 2.24) is 4.57 Å². The van der Waals surface area contributed by atoms with Crippen molar-refractivity contribution in [2.75, 3.05) is 0 Å². The van der Waals surface area contributed by atoms with Crippen LogP contribution in [-0.4, -0.2) is 4.57 Å². The van der Waals surface area contributed by atoms with Crippen molar-refractivity contribution in [1.29, 1.82) is 0 Å². The molecule has 88 valence electrons. The molecule has 1 aromatic heterocycles. The topological polar surface area (TPSA) is 48.0 Å². The summed E-state index contributed by atoms with van der Waals surface area (Å²) in [6, 6.07) is 9.84. The third-order valence-electron chi connectivity index (χ3n) is 2.62. The van der Waals surface area contributed by atoms with Gasteiger partial charge in [-0.15, -0.1) is 0 Å². The number of hydrogen-bond donors (Lipinski definition) is 1. The summed E-state index contributed by atoms with van der Waals surface area (Å²) < 4.78 is 14.9. The molecule has 0 bridgehead atoms. The van der Waals surface area contributed by atoms with Crippen molar-refractivity contribution in [2.24, 2.45) is 5.73 Å². The minimum absolute atomic E-state index is 0.168. The van der Waals surface area contributed by atoms with Crippen molar-refractivity contribution in [2.45, 2.75) is 13.1 Å². The van der Waals surface area contributed by atoms with Crippen LogP contribution in [0.1, 0.15) is 11.1 Å². The molecule has 0 aliphatic rings. The first kappa shape index (κ1) is 11.5. The van der Waals surface area contributed by atoms with Gasteiger partial charge in [-0.3, -0.25) is 4.79 Å². The van der Waals surface area contributed by atoms with Crippen LogP contribution in [0.3, 0.4) is 0 Å². The van der Waals surface area contributed by atoms with E-state index in [9.17, 15) is 9.18 Å². The van der Waals surface area contributed by atoms with E-state index >= 15 is 0 Å². The average Bonchev–Trinajstić information content (AvgIpc) is 2.34. The van der Waals surface area contributed by atoms with Crippen LogP contribution in [0.5, 0.6) is 0 Å². The minimum atomic E-state index is -0.308. The third kappa shape index (κ3) is 2.42. The molecule has 3 nitrogen and oxygen atoms in total. The molecule has 1 aromatic carbocycles. The Balaban J connectivity index is 2.37. The van der Waals surface area contributed by atoms with Crippen molar-refractivity contribution >= 4 is 0 Å². The highest BCUT2D eigenvalue weighted by molar-refractivity contribution is 5.19. The Morgan fingerprint density at radius 1 is 1.12 bits per heavy atom. The molecule has 2 aromatic rings. The fourth-order valence-electron chi connectivity index (χ4n) is 1.68. The van der Waals surface area contributed by atoms with Crippen LogP contribution < -0.4 is 11.3 Å². The fraction of sp³-hybridized carbons (Fsp3) is 0.154. The van der Waals surface area contributed by atoms with Gasteiger partial charge in [0.05, 0.1) is 6.54 Å². The largest absolute Gasteiger partial charge is 0.326 e. The summed E-state index contributed by atoms with van der Waals surface area (Å²) in [6.07, 6.45) is 1.63. The summed E-state index contributed by atoms with van der Waals surface area (Å²) in [4.78, 5) is 11.9. The zero-order valence-corrected chi connectivity index (χ0v) is 9.27. The summed E-state index contributed by atoms with van der Waals surface area (Å²) in [6.45, 7) is 0.413. The number of rotatable bonds is 3. The molecule has 0 aliphatic carbocycles. The lowest BCUT2D eigenvalue weighted by Crippen LogP contribution is -2.25. The van der Waals surface area contributed by atoms with Crippen LogP contribution in [-0.2, 0) is 13.1 Å². The van der Waals surface area contributed by atoms with Gasteiger partial charge in [0.15, 0.2) is 0 Å². The Morgan fingerprint density at radius 3 is 2.53 bits per heavy atom. The lowest BCUT2D eigenvalue weighted by atomic mass is 10.2. The van der Waals surface area contributed by atoms with Gasteiger partial charge in [0.2, 0.25) is 0 Å². The van der Waals surface area contributed by atoms with Gasteiger partial charge >= 0.3 is 0 Å². The SMILES string of the molecule is NCc1cccn(Cc2ccccc2F)c1=O. The van der Waals surface area contributed by atoms with Crippen LogP contribution in [0.4, 0.5) is 4.39 Å². The van der Waals surface area contributed by atoms with Crippen molar-refractivity contribution in [3.8, 4) is 0 Å². The monoisotopic (exact) mass is 232 g/mol. The van der Waals surface area contributed by atoms with Gasteiger partial charge in [0.25, 0.3) is 5.56 Å². The molecule has 0 fully saturated rings. The van der Waals surface area contributed by atoms with Gasteiger partial charge in [-0.05, 0) is 12.1 Å². The summed E-state index contributed by atoms with van der Waals surface area (Å²) in [5, 5.41) is 0. The molecular formula is C13H13FN2O. The highest BCUT2D eigenvalue weighted by atomic mass is 19.1. The van der Waals surface area contributed by atoms with Crippen LogP contribution in [0.2, 0.25) is 0 Å². The number of halogens is 1. The molecule has 0 aliphatic heterocycles. The predicted octanol–water partition coefficient (Wildman–Crippen LogP) is 1.49. The van der Waals surface area contributed by atoms with Crippen molar-refractivity contribution in [3.05, 3.63) is 69.9 Å². The Bertz CT molecular complexity index is 578. The van der Waals surface area contributed by atoms with E-state index in [1.807, 2.05) is 0 Å². The normalized spacial score (nSPS) is 10.5. The number of nitrogens with two attached hydrogens (primary N) is 1. The molecule has 2 N–H and O–H groups in total. The molecule has 0 saturated carbocycles. The van der Waals surface area contributed by atoms with Crippen molar-refractivity contribution < 1.29 is 4.39 Å². The standard InChI is InChI=1S/C13H13FN2O/c14-12-6-2-1-4-11(12)9-16-7-3-5-10(8-15)13(16)17/h1-7H,8-9,15H2. The molecule has 17 heavy (non-hydrogen) atoms. The molecule has 0 spiro atoms. The first-order valence-electron chi connectivity index (χ1n) is 5.34. The van der Waals surface area contributed by atoms with E-state index in [1.165, 1.54) is 10.6 Å². The first-order chi connectivity index (χ1) is 8.22. The van der Waals surface area contributed by atoms with Crippen LogP contribution in [0, 0.1) is 5.82 Å². The maximum atomic E-state index is 13.4. The van der Waals surface area contributed by atoms with E-state index in [4.69, 9.17) is 5.73 Å². The maximum Gasteiger partial charge on any atom is 0.255 e. The second-order valence-electron chi connectivity index (χ2n) is 3.76. The molecule has 1 heterocycles. The van der Waals surface area contributed by atoms with Gasteiger partial charge < -0.3 is 10.3 Å². The summed E-state index contributed by atoms with van der Waals surface area (Å²) in [7, 11) is 0. The highest BCUT2D eigenvalue weighted by Crippen LogP contribution is 2.07. The fourth-order valence-corrected chi connectivity index (χ4v) is 1.68. The first-order valence-corrected chi connectivity index (χ1v) is 5.34. The Morgan fingerprint density at radius 2 is 1.82 bits per heavy atom. The maximum absolute atomic E-state index is 13.4. The zero-order valence-electron chi connectivity index (χ0n) is 9.27. The number of aromatic nitrogens is 1. The van der Waals surface area contributed by atoms with Gasteiger partial charge in [0, 0.05) is 23.9 Å². The number of pyridine rings is 1. The van der Waals surface area contributed by atoms with E-state index in [2.05, 4.69) is 0 Å². The molecule has 0 amide bonds. The van der Waals surface area contributed by atoms with E-state index < -0.39 is 0 Å². The molecule has 4 heteroatoms. The smallest absolute Gasteiger partial charge is 0.255 e. The van der Waals surface area contributed by atoms with Gasteiger partial charge in [-0.1, -0.05) is 24.3 Å². The third-order valence-corrected chi connectivity index (χ3v) is 2.62. The Hall–Kier alpha value is -1.94. The zero-order chi connectivity index (χ0) is 12.3. The lowest BCUT2D eigenvalue weighted by molar-refractivity contribution is 0.595. The predicted molar refractivity (Wildman–Crippen MR) is 64.1 cm³/mol. The van der Waals surface area contributed by atoms with Gasteiger partial charge in [0.1, 0.15) is 5.82 Å². The number of hydrogen-bond acceptors (Lipinski definition) is 2. The average molecular weight is 232 g/mol. The summed E-state index contributed by atoms with van der Waals surface area (Å²) in [5.74, 6) is -0.308. The van der Waals surface area contributed by atoms with E-state index in [1.54, 1.807) is 36.5 Å². The van der Waals surface area contributed by atoms with Crippen LogP contribution in [0.15, 0.2) is 47.4 Å². The Kier molecular flexibility index (Phi) is 3.35. The summed E-state index contributed by atoms with van der Waals surface area (Å²) >= 11 is 0. The minimum Gasteiger partial charge on any atom is -0.326 e. The quantitative estimate of drug-likeness (QED) is 0.871. The van der Waals surface area contributed by atoms with E-state index in [0.29, 0.717) is 11.1 Å². The second-order valence-corrected chi connectivity index (χ2v) is 3.76. The number of benzene rings is 1. The Labute approximate surface area is 98.3 Å². The molecule has 0 radical (unpaired) electrons. The van der Waals surface area contributed by atoms with E-state index in [-0.39, 0.29) is 24.5 Å². The van der Waals surface area contributed by atoms with Gasteiger partial charge in [-0.2, -0.15) is 0 Å². The number of nitrogens with zero attached hydrogens (tertiary/aromatic N) is 1. The van der Waals surface area contributed by atoms with Crippen molar-refractivity contribution in [3.63, 3.8) is 0 Å². The van der Waals surface area contributed by atoms with Crippen LogP contribution in [0.25, 0.3) is 0 Å². The van der Waals surface area contributed by atoms with E-state index in [0.717, 1.165) is 0 Å². The molecule has 0 unspecified atom stereocenters. The lowest BCUT2D eigenvalue weighted by Gasteiger charge is -2.08. The van der Waals surface area contributed by atoms with Gasteiger partial charge in [-0.25, -0.2) is 4.39 Å². The second kappa shape index (κ2) is 4.93. The summed E-state index contributed by atoms with van der Waals surface area (Å²) in [5.41, 5.74) is 6.31. The molecule has 2 rings (SSSR count). The molecular weight excluding hydrogens is 219 g/mol.